The normalized spacial score (nSPS) is 14.8. The van der Waals surface area contributed by atoms with E-state index < -0.39 is 0 Å². The number of anilines is 1. The zero-order valence-electron chi connectivity index (χ0n) is 11.1. The van der Waals surface area contributed by atoms with Crippen LogP contribution in [0.15, 0.2) is 30.6 Å². The fourth-order valence-corrected chi connectivity index (χ4v) is 3.06. The molecule has 1 aromatic carbocycles. The molecule has 1 fully saturated rings. The van der Waals surface area contributed by atoms with Crippen LogP contribution in [0.3, 0.4) is 0 Å². The Hall–Kier alpha value is -1.78. The minimum absolute atomic E-state index is 0.401. The Bertz CT molecular complexity index is 829. The minimum Gasteiger partial charge on any atom is -0.396 e. The molecule has 1 aliphatic rings. The first-order valence-corrected chi connectivity index (χ1v) is 7.47. The first-order chi connectivity index (χ1) is 10.1. The van der Waals surface area contributed by atoms with Crippen molar-refractivity contribution in [3.05, 3.63) is 40.6 Å². The Labute approximate surface area is 131 Å². The van der Waals surface area contributed by atoms with Crippen LogP contribution in [0.25, 0.3) is 22.4 Å². The van der Waals surface area contributed by atoms with Crippen LogP contribution in [-0.2, 0) is 0 Å². The Morgan fingerprint density at radius 3 is 2.57 bits per heavy atom. The summed E-state index contributed by atoms with van der Waals surface area (Å²) in [6.07, 6.45) is 5.89. The molecule has 0 radical (unpaired) electrons. The average Bonchev–Trinajstić information content (AvgIpc) is 3.24. The van der Waals surface area contributed by atoms with Crippen LogP contribution in [0.2, 0.25) is 10.0 Å². The summed E-state index contributed by atoms with van der Waals surface area (Å²) in [6, 6.07) is 6.11. The Kier molecular flexibility index (Phi) is 2.84. The van der Waals surface area contributed by atoms with Crippen molar-refractivity contribution in [1.29, 1.82) is 0 Å². The zero-order chi connectivity index (χ0) is 14.6. The molecule has 6 heteroatoms. The van der Waals surface area contributed by atoms with Gasteiger partial charge in [0.05, 0.1) is 27.4 Å². The van der Waals surface area contributed by atoms with E-state index in [4.69, 9.17) is 33.9 Å². The number of halogens is 2. The molecule has 4 rings (SSSR count). The third-order valence-electron chi connectivity index (χ3n) is 3.74. The van der Waals surface area contributed by atoms with Crippen LogP contribution >= 0.6 is 23.2 Å². The molecule has 0 unspecified atom stereocenters. The number of nitrogens with two attached hydrogens (primary N) is 1. The molecule has 2 heterocycles. The van der Waals surface area contributed by atoms with Crippen molar-refractivity contribution in [1.82, 2.24) is 14.5 Å². The van der Waals surface area contributed by atoms with Gasteiger partial charge in [0.2, 0.25) is 0 Å². The highest BCUT2D eigenvalue weighted by molar-refractivity contribution is 6.39. The zero-order valence-corrected chi connectivity index (χ0v) is 12.6. The van der Waals surface area contributed by atoms with E-state index in [1.807, 2.05) is 18.2 Å². The third-order valence-corrected chi connectivity index (χ3v) is 4.37. The van der Waals surface area contributed by atoms with E-state index in [0.29, 0.717) is 21.8 Å². The lowest BCUT2D eigenvalue weighted by Crippen LogP contribution is -1.98. The van der Waals surface area contributed by atoms with E-state index in [1.165, 1.54) is 0 Å². The third kappa shape index (κ3) is 2.06. The number of nitrogen functional groups attached to an aromatic ring is 1. The number of hydrogen-bond acceptors (Lipinski definition) is 3. The number of rotatable bonds is 2. The number of imidazole rings is 1. The van der Waals surface area contributed by atoms with Crippen LogP contribution in [0, 0.1) is 0 Å². The first kappa shape index (κ1) is 12.9. The van der Waals surface area contributed by atoms with Gasteiger partial charge in [0, 0.05) is 17.8 Å². The van der Waals surface area contributed by atoms with Crippen molar-refractivity contribution in [2.75, 3.05) is 5.73 Å². The van der Waals surface area contributed by atoms with Gasteiger partial charge in [-0.3, -0.25) is 4.98 Å². The van der Waals surface area contributed by atoms with Gasteiger partial charge in [-0.1, -0.05) is 23.2 Å². The fraction of sp³-hybridized carbons (Fsp3) is 0.200. The molecule has 2 N–H and O–H groups in total. The van der Waals surface area contributed by atoms with Crippen LogP contribution in [0.5, 0.6) is 0 Å². The number of pyridine rings is 1. The van der Waals surface area contributed by atoms with E-state index in [2.05, 4.69) is 9.55 Å². The summed E-state index contributed by atoms with van der Waals surface area (Å²) in [7, 11) is 0. The van der Waals surface area contributed by atoms with E-state index >= 15 is 0 Å². The lowest BCUT2D eigenvalue weighted by molar-refractivity contribution is 0.775. The van der Waals surface area contributed by atoms with Gasteiger partial charge in [-0.05, 0) is 31.0 Å². The van der Waals surface area contributed by atoms with Crippen LogP contribution in [-0.4, -0.2) is 14.5 Å². The summed E-state index contributed by atoms with van der Waals surface area (Å²) in [5.41, 5.74) is 9.06. The predicted octanol–water partition coefficient (Wildman–Crippen LogP) is 4.32. The van der Waals surface area contributed by atoms with Gasteiger partial charge < -0.3 is 10.3 Å². The molecule has 1 aliphatic carbocycles. The van der Waals surface area contributed by atoms with E-state index in [-0.39, 0.29) is 0 Å². The van der Waals surface area contributed by atoms with Crippen molar-refractivity contribution in [2.45, 2.75) is 18.9 Å². The standard InChI is InChI=1S/C15H12Cl2N4/c16-10-5-8(6-11(17)14(10)18)15-20-12-7-19-4-3-13(12)21(15)9-1-2-9/h3-7,9H,1-2,18H2. The molecule has 3 aromatic rings. The van der Waals surface area contributed by atoms with Crippen molar-refractivity contribution in [2.24, 2.45) is 0 Å². The lowest BCUT2D eigenvalue weighted by Gasteiger charge is -2.09. The first-order valence-electron chi connectivity index (χ1n) is 6.72. The summed E-state index contributed by atoms with van der Waals surface area (Å²) >= 11 is 12.3. The summed E-state index contributed by atoms with van der Waals surface area (Å²) in [6.45, 7) is 0. The van der Waals surface area contributed by atoms with E-state index in [0.717, 1.165) is 35.3 Å². The quantitative estimate of drug-likeness (QED) is 0.716. The molecule has 0 saturated heterocycles. The molecule has 0 atom stereocenters. The molecule has 0 aliphatic heterocycles. The molecular weight excluding hydrogens is 307 g/mol. The number of aromatic nitrogens is 3. The average molecular weight is 319 g/mol. The van der Waals surface area contributed by atoms with Gasteiger partial charge in [0.1, 0.15) is 11.3 Å². The second-order valence-corrected chi connectivity index (χ2v) is 6.07. The Morgan fingerprint density at radius 1 is 1.19 bits per heavy atom. The molecule has 0 bridgehead atoms. The van der Waals surface area contributed by atoms with Gasteiger partial charge in [0.25, 0.3) is 0 Å². The van der Waals surface area contributed by atoms with Crippen LogP contribution < -0.4 is 5.73 Å². The van der Waals surface area contributed by atoms with Gasteiger partial charge in [-0.25, -0.2) is 4.98 Å². The number of hydrogen-bond donors (Lipinski definition) is 1. The highest BCUT2D eigenvalue weighted by Gasteiger charge is 2.29. The SMILES string of the molecule is Nc1c(Cl)cc(-c2nc3cnccc3n2C2CC2)cc1Cl. The molecule has 21 heavy (non-hydrogen) atoms. The second kappa shape index (κ2) is 4.61. The molecular formula is C15H12Cl2N4. The summed E-state index contributed by atoms with van der Waals surface area (Å²) in [5.74, 6) is 0.865. The molecule has 0 spiro atoms. The van der Waals surface area contributed by atoms with Gasteiger partial charge in [0.15, 0.2) is 0 Å². The highest BCUT2D eigenvalue weighted by Crippen LogP contribution is 2.42. The number of fused-ring (bicyclic) bond motifs is 1. The highest BCUT2D eigenvalue weighted by atomic mass is 35.5. The summed E-state index contributed by atoms with van der Waals surface area (Å²) < 4.78 is 2.25. The fourth-order valence-electron chi connectivity index (χ4n) is 2.57. The van der Waals surface area contributed by atoms with Gasteiger partial charge >= 0.3 is 0 Å². The van der Waals surface area contributed by atoms with Gasteiger partial charge in [-0.2, -0.15) is 0 Å². The Morgan fingerprint density at radius 2 is 1.90 bits per heavy atom. The van der Waals surface area contributed by atoms with Crippen molar-refractivity contribution in [3.8, 4) is 11.4 Å². The lowest BCUT2D eigenvalue weighted by atomic mass is 10.2. The van der Waals surface area contributed by atoms with E-state index in [1.54, 1.807) is 12.4 Å². The van der Waals surface area contributed by atoms with Crippen molar-refractivity contribution in [3.63, 3.8) is 0 Å². The Balaban J connectivity index is 2.00. The van der Waals surface area contributed by atoms with Crippen molar-refractivity contribution >= 4 is 39.9 Å². The number of nitrogens with zero attached hydrogens (tertiary/aromatic N) is 3. The van der Waals surface area contributed by atoms with Crippen LogP contribution in [0.1, 0.15) is 18.9 Å². The topological polar surface area (TPSA) is 56.7 Å². The molecule has 106 valence electrons. The maximum absolute atomic E-state index is 6.16. The van der Waals surface area contributed by atoms with Crippen LogP contribution in [0.4, 0.5) is 5.69 Å². The molecule has 1 saturated carbocycles. The molecule has 0 amide bonds. The van der Waals surface area contributed by atoms with Crippen molar-refractivity contribution < 1.29 is 0 Å². The van der Waals surface area contributed by atoms with E-state index in [9.17, 15) is 0 Å². The van der Waals surface area contributed by atoms with Gasteiger partial charge in [-0.15, -0.1) is 0 Å². The monoisotopic (exact) mass is 318 g/mol. The maximum atomic E-state index is 6.16. The smallest absolute Gasteiger partial charge is 0.141 e. The second-order valence-electron chi connectivity index (χ2n) is 5.25. The summed E-state index contributed by atoms with van der Waals surface area (Å²) in [5, 5.41) is 0.898. The molecule has 2 aromatic heterocycles. The summed E-state index contributed by atoms with van der Waals surface area (Å²) in [4.78, 5) is 8.84. The molecule has 4 nitrogen and oxygen atoms in total. The maximum Gasteiger partial charge on any atom is 0.141 e. The number of benzene rings is 1. The predicted molar refractivity (Wildman–Crippen MR) is 85.7 cm³/mol. The largest absolute Gasteiger partial charge is 0.396 e. The minimum atomic E-state index is 0.401.